The van der Waals surface area contributed by atoms with Crippen LogP contribution >= 0.6 is 0 Å². The zero-order chi connectivity index (χ0) is 12.1. The number of rotatable bonds is 4. The molecule has 0 bridgehead atoms. The van der Waals surface area contributed by atoms with Crippen LogP contribution in [0.2, 0.25) is 0 Å². The summed E-state index contributed by atoms with van der Waals surface area (Å²) in [5, 5.41) is 13.7. The van der Waals surface area contributed by atoms with E-state index in [9.17, 15) is 4.79 Å². The molecule has 94 valence electrons. The lowest BCUT2D eigenvalue weighted by atomic mass is 9.75. The molecule has 17 heavy (non-hydrogen) atoms. The van der Waals surface area contributed by atoms with Crippen molar-refractivity contribution in [2.24, 2.45) is 5.41 Å². The van der Waals surface area contributed by atoms with Gasteiger partial charge in [0.25, 0.3) is 0 Å². The smallest absolute Gasteiger partial charge is 0.312 e. The Kier molecular flexibility index (Phi) is 3.73. The van der Waals surface area contributed by atoms with Crippen molar-refractivity contribution in [3.05, 3.63) is 11.9 Å². The maximum Gasteiger partial charge on any atom is 0.312 e. The van der Waals surface area contributed by atoms with Crippen molar-refractivity contribution in [1.29, 1.82) is 0 Å². The molecule has 1 aromatic heterocycles. The van der Waals surface area contributed by atoms with E-state index in [2.05, 4.69) is 20.7 Å². The summed E-state index contributed by atoms with van der Waals surface area (Å²) in [5.41, 5.74) is 0.387. The number of carbonyl (C=O) groups is 1. The Balaban J connectivity index is 2.14. The number of hydrogen-bond acceptors (Lipinski definition) is 5. The third kappa shape index (κ3) is 2.63. The lowest BCUT2D eigenvalue weighted by Crippen LogP contribution is -2.44. The first-order chi connectivity index (χ1) is 8.27. The molecule has 0 amide bonds. The van der Waals surface area contributed by atoms with Crippen molar-refractivity contribution in [3.63, 3.8) is 0 Å². The standard InChI is InChI=1S/C11H18N4O2/c1-2-17-10(16)11(3-5-12-6-4-11)7-9-8-13-15-14-9/h8,12H,2-7H2,1H3,(H,13,14,15). The molecule has 0 unspecified atom stereocenters. The van der Waals surface area contributed by atoms with Crippen LogP contribution in [-0.2, 0) is 16.0 Å². The van der Waals surface area contributed by atoms with Gasteiger partial charge in [0.15, 0.2) is 0 Å². The highest BCUT2D eigenvalue weighted by molar-refractivity contribution is 5.77. The number of hydrogen-bond donors (Lipinski definition) is 2. The highest BCUT2D eigenvalue weighted by Crippen LogP contribution is 2.33. The first kappa shape index (κ1) is 12.0. The number of esters is 1. The lowest BCUT2D eigenvalue weighted by molar-refractivity contribution is -0.157. The van der Waals surface area contributed by atoms with Gasteiger partial charge in [-0.3, -0.25) is 4.79 Å². The zero-order valence-corrected chi connectivity index (χ0v) is 10.0. The molecular weight excluding hydrogens is 220 g/mol. The molecule has 0 spiro atoms. The largest absolute Gasteiger partial charge is 0.466 e. The molecular formula is C11H18N4O2. The molecule has 2 rings (SSSR count). The average molecular weight is 238 g/mol. The number of ether oxygens (including phenoxy) is 1. The second-order valence-electron chi connectivity index (χ2n) is 4.39. The number of carbonyl (C=O) groups excluding carboxylic acids is 1. The summed E-state index contributed by atoms with van der Waals surface area (Å²) in [4.78, 5) is 12.1. The van der Waals surface area contributed by atoms with Gasteiger partial charge >= 0.3 is 5.97 Å². The molecule has 1 fully saturated rings. The van der Waals surface area contributed by atoms with Crippen molar-refractivity contribution in [1.82, 2.24) is 20.7 Å². The number of piperidine rings is 1. The number of aromatic nitrogens is 3. The van der Waals surface area contributed by atoms with Crippen LogP contribution < -0.4 is 5.32 Å². The van der Waals surface area contributed by atoms with Gasteiger partial charge in [-0.05, 0) is 32.9 Å². The van der Waals surface area contributed by atoms with E-state index in [-0.39, 0.29) is 5.97 Å². The van der Waals surface area contributed by atoms with Gasteiger partial charge in [0.05, 0.1) is 23.9 Å². The molecule has 0 saturated carbocycles. The van der Waals surface area contributed by atoms with Crippen molar-refractivity contribution in [3.8, 4) is 0 Å². The van der Waals surface area contributed by atoms with Crippen LogP contribution in [0.4, 0.5) is 0 Å². The Bertz CT molecular complexity index is 358. The molecule has 0 aromatic carbocycles. The summed E-state index contributed by atoms with van der Waals surface area (Å²) in [6.07, 6.45) is 3.85. The van der Waals surface area contributed by atoms with Crippen LogP contribution in [-0.4, -0.2) is 41.1 Å². The minimum absolute atomic E-state index is 0.107. The van der Waals surface area contributed by atoms with Gasteiger partial charge in [0, 0.05) is 6.42 Å². The Hall–Kier alpha value is -1.43. The summed E-state index contributed by atoms with van der Waals surface area (Å²) in [7, 11) is 0. The third-order valence-corrected chi connectivity index (χ3v) is 3.25. The van der Waals surface area contributed by atoms with Gasteiger partial charge in [0.1, 0.15) is 0 Å². The highest BCUT2D eigenvalue weighted by atomic mass is 16.5. The normalized spacial score (nSPS) is 18.9. The predicted molar refractivity (Wildman–Crippen MR) is 61.3 cm³/mol. The quantitative estimate of drug-likeness (QED) is 0.736. The maximum atomic E-state index is 12.1. The molecule has 1 aromatic rings. The first-order valence-electron chi connectivity index (χ1n) is 5.99. The van der Waals surface area contributed by atoms with Crippen LogP contribution in [0.5, 0.6) is 0 Å². The summed E-state index contributed by atoms with van der Waals surface area (Å²) < 4.78 is 5.21. The van der Waals surface area contributed by atoms with Crippen molar-refractivity contribution in [2.75, 3.05) is 19.7 Å². The zero-order valence-electron chi connectivity index (χ0n) is 10.0. The van der Waals surface area contributed by atoms with Gasteiger partial charge in [-0.25, -0.2) is 0 Å². The van der Waals surface area contributed by atoms with Crippen molar-refractivity contribution >= 4 is 5.97 Å². The molecule has 1 aliphatic heterocycles. The van der Waals surface area contributed by atoms with Crippen LogP contribution in [0, 0.1) is 5.41 Å². The van der Waals surface area contributed by atoms with Crippen LogP contribution in [0.25, 0.3) is 0 Å². The fraction of sp³-hybridized carbons (Fsp3) is 0.727. The molecule has 6 nitrogen and oxygen atoms in total. The SMILES string of the molecule is CCOC(=O)C1(Cc2cn[nH]n2)CCNCC1. The van der Waals surface area contributed by atoms with Crippen LogP contribution in [0.1, 0.15) is 25.5 Å². The molecule has 0 atom stereocenters. The summed E-state index contributed by atoms with van der Waals surface area (Å²) >= 11 is 0. The average Bonchev–Trinajstić information content (AvgIpc) is 2.83. The van der Waals surface area contributed by atoms with Crippen molar-refractivity contribution < 1.29 is 9.53 Å². The topological polar surface area (TPSA) is 79.9 Å². The van der Waals surface area contributed by atoms with Crippen LogP contribution in [0.3, 0.4) is 0 Å². The Morgan fingerprint density at radius 1 is 1.53 bits per heavy atom. The second-order valence-corrected chi connectivity index (χ2v) is 4.39. The molecule has 2 N–H and O–H groups in total. The Labute approximate surface area is 100 Å². The Morgan fingerprint density at radius 3 is 2.88 bits per heavy atom. The monoisotopic (exact) mass is 238 g/mol. The number of nitrogens with zero attached hydrogens (tertiary/aromatic N) is 2. The van der Waals surface area contributed by atoms with E-state index < -0.39 is 5.41 Å². The van der Waals surface area contributed by atoms with E-state index in [1.54, 1.807) is 6.20 Å². The fourth-order valence-corrected chi connectivity index (χ4v) is 2.30. The maximum absolute atomic E-state index is 12.1. The van der Waals surface area contributed by atoms with E-state index in [1.807, 2.05) is 6.92 Å². The van der Waals surface area contributed by atoms with E-state index in [0.717, 1.165) is 31.6 Å². The Morgan fingerprint density at radius 2 is 2.29 bits per heavy atom. The molecule has 0 radical (unpaired) electrons. The van der Waals surface area contributed by atoms with E-state index in [0.29, 0.717) is 13.0 Å². The fourth-order valence-electron chi connectivity index (χ4n) is 2.30. The minimum atomic E-state index is -0.432. The molecule has 0 aliphatic carbocycles. The number of H-pyrrole nitrogens is 1. The molecule has 2 heterocycles. The van der Waals surface area contributed by atoms with E-state index in [4.69, 9.17) is 4.74 Å². The van der Waals surface area contributed by atoms with Gasteiger partial charge in [-0.15, -0.1) is 0 Å². The lowest BCUT2D eigenvalue weighted by Gasteiger charge is -2.34. The second kappa shape index (κ2) is 5.27. The van der Waals surface area contributed by atoms with Gasteiger partial charge in [-0.1, -0.05) is 0 Å². The van der Waals surface area contributed by atoms with E-state index >= 15 is 0 Å². The molecule has 1 aliphatic rings. The third-order valence-electron chi connectivity index (χ3n) is 3.25. The van der Waals surface area contributed by atoms with Gasteiger partial charge in [-0.2, -0.15) is 15.4 Å². The van der Waals surface area contributed by atoms with Gasteiger partial charge < -0.3 is 10.1 Å². The predicted octanol–water partition coefficient (Wildman–Crippen LogP) is 0.280. The minimum Gasteiger partial charge on any atom is -0.466 e. The summed E-state index contributed by atoms with van der Waals surface area (Å²) in [6, 6.07) is 0. The summed E-state index contributed by atoms with van der Waals surface area (Å²) in [6.45, 7) is 3.95. The summed E-state index contributed by atoms with van der Waals surface area (Å²) in [5.74, 6) is -0.107. The number of aromatic amines is 1. The number of nitrogens with one attached hydrogen (secondary N) is 2. The van der Waals surface area contributed by atoms with Crippen LogP contribution in [0.15, 0.2) is 6.20 Å². The van der Waals surface area contributed by atoms with Gasteiger partial charge in [0.2, 0.25) is 0 Å². The molecule has 1 saturated heterocycles. The molecule has 6 heteroatoms. The highest BCUT2D eigenvalue weighted by Gasteiger charge is 2.41. The van der Waals surface area contributed by atoms with E-state index in [1.165, 1.54) is 0 Å². The first-order valence-corrected chi connectivity index (χ1v) is 5.99. The van der Waals surface area contributed by atoms with Crippen molar-refractivity contribution in [2.45, 2.75) is 26.2 Å².